The third-order valence-corrected chi connectivity index (χ3v) is 2.10. The van der Waals surface area contributed by atoms with Crippen LogP contribution in [0.15, 0.2) is 0 Å². The van der Waals surface area contributed by atoms with Gasteiger partial charge in [-0.15, -0.1) is 0 Å². The highest BCUT2D eigenvalue weighted by atomic mass is 16.2. The standard InChI is InChI=1S/C8H14N4O/c1-5-7(4-10-8(9)13)6(2)12(3)11-5/h4H2,1-3H3,(H3,9,10,13). The molecule has 0 atom stereocenters. The zero-order chi connectivity index (χ0) is 10.0. The number of hydrogen-bond donors (Lipinski definition) is 2. The summed E-state index contributed by atoms with van der Waals surface area (Å²) in [6, 6.07) is -0.511. The number of amides is 2. The molecule has 1 rings (SSSR count). The largest absolute Gasteiger partial charge is 0.352 e. The Labute approximate surface area is 76.9 Å². The maximum Gasteiger partial charge on any atom is 0.312 e. The molecule has 3 N–H and O–H groups in total. The van der Waals surface area contributed by atoms with E-state index in [1.165, 1.54) is 0 Å². The van der Waals surface area contributed by atoms with Gasteiger partial charge in [0.15, 0.2) is 0 Å². The number of aromatic nitrogens is 2. The molecule has 0 aromatic carbocycles. The Morgan fingerprint density at radius 3 is 2.62 bits per heavy atom. The van der Waals surface area contributed by atoms with Crippen molar-refractivity contribution in [3.8, 4) is 0 Å². The number of aryl methyl sites for hydroxylation is 2. The van der Waals surface area contributed by atoms with Gasteiger partial charge < -0.3 is 11.1 Å². The highest BCUT2D eigenvalue weighted by Gasteiger charge is 2.08. The van der Waals surface area contributed by atoms with Crippen LogP contribution in [0.25, 0.3) is 0 Å². The fraction of sp³-hybridized carbons (Fsp3) is 0.500. The topological polar surface area (TPSA) is 72.9 Å². The number of nitrogens with one attached hydrogen (secondary N) is 1. The van der Waals surface area contributed by atoms with Crippen molar-refractivity contribution in [2.45, 2.75) is 20.4 Å². The van der Waals surface area contributed by atoms with Crippen molar-refractivity contribution in [2.24, 2.45) is 12.8 Å². The van der Waals surface area contributed by atoms with Crippen LogP contribution >= 0.6 is 0 Å². The van der Waals surface area contributed by atoms with Crippen LogP contribution < -0.4 is 11.1 Å². The molecule has 5 heteroatoms. The molecule has 0 aliphatic heterocycles. The van der Waals surface area contributed by atoms with Gasteiger partial charge in [0, 0.05) is 24.8 Å². The maximum atomic E-state index is 10.5. The normalized spacial score (nSPS) is 10.1. The second-order valence-electron chi connectivity index (χ2n) is 2.99. The maximum absolute atomic E-state index is 10.5. The second-order valence-corrected chi connectivity index (χ2v) is 2.99. The lowest BCUT2D eigenvalue weighted by Gasteiger charge is -2.01. The van der Waals surface area contributed by atoms with E-state index in [1.807, 2.05) is 20.9 Å². The molecule has 0 radical (unpaired) electrons. The molecule has 1 heterocycles. The molecule has 2 amide bonds. The number of urea groups is 1. The minimum Gasteiger partial charge on any atom is -0.352 e. The van der Waals surface area contributed by atoms with Crippen LogP contribution in [0.3, 0.4) is 0 Å². The fourth-order valence-electron chi connectivity index (χ4n) is 1.25. The third kappa shape index (κ3) is 1.99. The van der Waals surface area contributed by atoms with E-state index in [1.54, 1.807) is 4.68 Å². The van der Waals surface area contributed by atoms with Crippen molar-refractivity contribution in [2.75, 3.05) is 0 Å². The summed E-state index contributed by atoms with van der Waals surface area (Å²) in [5, 5.41) is 6.76. The van der Waals surface area contributed by atoms with Gasteiger partial charge in [-0.25, -0.2) is 4.79 Å². The molecule has 72 valence electrons. The summed E-state index contributed by atoms with van der Waals surface area (Å²) >= 11 is 0. The van der Waals surface area contributed by atoms with Crippen molar-refractivity contribution >= 4 is 6.03 Å². The molecule has 13 heavy (non-hydrogen) atoms. The van der Waals surface area contributed by atoms with Gasteiger partial charge in [-0.1, -0.05) is 0 Å². The van der Waals surface area contributed by atoms with Gasteiger partial charge >= 0.3 is 6.03 Å². The van der Waals surface area contributed by atoms with E-state index in [4.69, 9.17) is 5.73 Å². The van der Waals surface area contributed by atoms with E-state index >= 15 is 0 Å². The van der Waals surface area contributed by atoms with Gasteiger partial charge in [0.1, 0.15) is 0 Å². The Balaban J connectivity index is 2.81. The van der Waals surface area contributed by atoms with E-state index in [2.05, 4.69) is 10.4 Å². The number of rotatable bonds is 2. The number of nitrogens with two attached hydrogens (primary N) is 1. The zero-order valence-corrected chi connectivity index (χ0v) is 8.09. The summed E-state index contributed by atoms with van der Waals surface area (Å²) in [7, 11) is 1.87. The Morgan fingerprint density at radius 1 is 1.62 bits per heavy atom. The Hall–Kier alpha value is -1.52. The molecule has 1 aromatic heterocycles. The lowest BCUT2D eigenvalue weighted by atomic mass is 10.2. The number of nitrogens with zero attached hydrogens (tertiary/aromatic N) is 2. The third-order valence-electron chi connectivity index (χ3n) is 2.10. The Kier molecular flexibility index (Phi) is 2.55. The molecule has 0 bridgehead atoms. The van der Waals surface area contributed by atoms with Gasteiger partial charge in [0.25, 0.3) is 0 Å². The molecular formula is C8H14N4O. The van der Waals surface area contributed by atoms with Crippen LogP contribution in [0.1, 0.15) is 17.0 Å². The molecule has 0 aliphatic rings. The lowest BCUT2D eigenvalue weighted by Crippen LogP contribution is -2.29. The van der Waals surface area contributed by atoms with Crippen molar-refractivity contribution < 1.29 is 4.79 Å². The highest BCUT2D eigenvalue weighted by Crippen LogP contribution is 2.10. The van der Waals surface area contributed by atoms with Crippen LogP contribution in [0, 0.1) is 13.8 Å². The van der Waals surface area contributed by atoms with Crippen molar-refractivity contribution in [3.63, 3.8) is 0 Å². The van der Waals surface area contributed by atoms with Gasteiger partial charge in [0.2, 0.25) is 0 Å². The van der Waals surface area contributed by atoms with E-state index in [0.717, 1.165) is 17.0 Å². The lowest BCUT2D eigenvalue weighted by molar-refractivity contribution is 0.248. The predicted octanol–water partition coefficient (Wildman–Crippen LogP) is 0.205. The average Bonchev–Trinajstić information content (AvgIpc) is 2.24. The fourth-order valence-corrected chi connectivity index (χ4v) is 1.25. The van der Waals surface area contributed by atoms with Gasteiger partial charge in [0.05, 0.1) is 5.69 Å². The number of carbonyl (C=O) groups is 1. The first-order valence-corrected chi connectivity index (χ1v) is 4.04. The van der Waals surface area contributed by atoms with Crippen LogP contribution in [0.2, 0.25) is 0 Å². The smallest absolute Gasteiger partial charge is 0.312 e. The zero-order valence-electron chi connectivity index (χ0n) is 8.09. The summed E-state index contributed by atoms with van der Waals surface area (Å²) in [5.74, 6) is 0. The van der Waals surface area contributed by atoms with Crippen LogP contribution in [-0.4, -0.2) is 15.8 Å². The minimum atomic E-state index is -0.511. The molecule has 1 aromatic rings. The van der Waals surface area contributed by atoms with Gasteiger partial charge in [-0.3, -0.25) is 4.68 Å². The number of primary amides is 1. The molecule has 0 saturated heterocycles. The molecule has 5 nitrogen and oxygen atoms in total. The van der Waals surface area contributed by atoms with Crippen molar-refractivity contribution in [1.29, 1.82) is 0 Å². The van der Waals surface area contributed by atoms with Gasteiger partial charge in [-0.2, -0.15) is 5.10 Å². The Bertz CT molecular complexity index is 329. The first kappa shape index (κ1) is 9.57. The second kappa shape index (κ2) is 3.47. The van der Waals surface area contributed by atoms with Crippen LogP contribution in [-0.2, 0) is 13.6 Å². The predicted molar refractivity (Wildman–Crippen MR) is 49.1 cm³/mol. The monoisotopic (exact) mass is 182 g/mol. The number of carbonyl (C=O) groups excluding carboxylic acids is 1. The molecule has 0 unspecified atom stereocenters. The molecule has 0 spiro atoms. The quantitative estimate of drug-likeness (QED) is 0.686. The van der Waals surface area contributed by atoms with E-state index in [0.29, 0.717) is 6.54 Å². The summed E-state index contributed by atoms with van der Waals surface area (Å²) in [6.45, 7) is 4.31. The molecule has 0 saturated carbocycles. The Morgan fingerprint density at radius 2 is 2.23 bits per heavy atom. The van der Waals surface area contributed by atoms with E-state index < -0.39 is 6.03 Å². The van der Waals surface area contributed by atoms with Crippen molar-refractivity contribution in [3.05, 3.63) is 17.0 Å². The molecular weight excluding hydrogens is 168 g/mol. The minimum absolute atomic E-state index is 0.445. The van der Waals surface area contributed by atoms with Crippen LogP contribution in [0.4, 0.5) is 4.79 Å². The van der Waals surface area contributed by atoms with Crippen molar-refractivity contribution in [1.82, 2.24) is 15.1 Å². The summed E-state index contributed by atoms with van der Waals surface area (Å²) in [5.41, 5.74) is 7.97. The molecule has 0 aliphatic carbocycles. The first-order chi connectivity index (χ1) is 6.02. The van der Waals surface area contributed by atoms with E-state index in [9.17, 15) is 4.79 Å². The SMILES string of the molecule is Cc1nn(C)c(C)c1CNC(N)=O. The van der Waals surface area contributed by atoms with Crippen LogP contribution in [0.5, 0.6) is 0 Å². The molecule has 0 fully saturated rings. The highest BCUT2D eigenvalue weighted by molar-refractivity contribution is 5.71. The summed E-state index contributed by atoms with van der Waals surface area (Å²) in [6.07, 6.45) is 0. The van der Waals surface area contributed by atoms with Gasteiger partial charge in [-0.05, 0) is 13.8 Å². The summed E-state index contributed by atoms with van der Waals surface area (Å²) < 4.78 is 1.79. The number of hydrogen-bond acceptors (Lipinski definition) is 2. The average molecular weight is 182 g/mol. The van der Waals surface area contributed by atoms with E-state index in [-0.39, 0.29) is 0 Å². The first-order valence-electron chi connectivity index (χ1n) is 4.04. The summed E-state index contributed by atoms with van der Waals surface area (Å²) in [4.78, 5) is 10.5.